The minimum atomic E-state index is -0.490. The van der Waals surface area contributed by atoms with Gasteiger partial charge in [-0.15, -0.1) is 11.8 Å². The molecule has 0 bridgehead atoms. The van der Waals surface area contributed by atoms with Crippen molar-refractivity contribution >= 4 is 29.3 Å². The number of amides is 1. The van der Waals surface area contributed by atoms with Gasteiger partial charge in [-0.1, -0.05) is 0 Å². The molecule has 0 spiro atoms. The number of thioether (sulfide) groups is 1. The van der Waals surface area contributed by atoms with E-state index < -0.39 is 17.7 Å². The number of rotatable bonds is 6. The fourth-order valence-electron chi connectivity index (χ4n) is 1.49. The first-order valence-corrected chi connectivity index (χ1v) is 7.36. The molecule has 0 saturated heterocycles. The maximum atomic E-state index is 12.7. The molecule has 0 aliphatic carbocycles. The lowest BCUT2D eigenvalue weighted by Gasteiger charge is -2.06. The minimum absolute atomic E-state index is 0.105. The van der Waals surface area contributed by atoms with E-state index in [4.69, 9.17) is 4.74 Å². The first-order valence-electron chi connectivity index (χ1n) is 6.37. The van der Waals surface area contributed by atoms with E-state index in [1.807, 2.05) is 0 Å². The third kappa shape index (κ3) is 5.53. The summed E-state index contributed by atoms with van der Waals surface area (Å²) in [5.74, 6) is -1.25. The Morgan fingerprint density at radius 1 is 1.14 bits per heavy atom. The first kappa shape index (κ1) is 16.0. The second-order valence-electron chi connectivity index (χ2n) is 4.19. The van der Waals surface area contributed by atoms with Crippen LogP contribution in [0.4, 0.5) is 10.1 Å². The molecule has 1 N–H and O–H groups in total. The molecule has 1 amide bonds. The van der Waals surface area contributed by atoms with Gasteiger partial charge in [0.15, 0.2) is 6.61 Å². The summed E-state index contributed by atoms with van der Waals surface area (Å²) in [7, 11) is 0. The van der Waals surface area contributed by atoms with Crippen LogP contribution in [0.25, 0.3) is 0 Å². The molecule has 2 aromatic rings. The summed E-state index contributed by atoms with van der Waals surface area (Å²) in [6.45, 7) is -0.382. The summed E-state index contributed by atoms with van der Waals surface area (Å²) in [6.07, 6.45) is 3.26. The van der Waals surface area contributed by atoms with Crippen molar-refractivity contribution in [1.29, 1.82) is 0 Å². The predicted octanol–water partition coefficient (Wildman–Crippen LogP) is 2.49. The lowest BCUT2D eigenvalue weighted by molar-refractivity contribution is -0.144. The van der Waals surface area contributed by atoms with Crippen molar-refractivity contribution in [2.75, 3.05) is 17.7 Å². The molecular formula is C15H13FN2O3S. The second-order valence-corrected chi connectivity index (χ2v) is 5.24. The number of carbonyl (C=O) groups excluding carboxylic acids is 2. The standard InChI is InChI=1S/C15H13FN2O3S/c16-11-1-3-12(4-2-11)18-14(19)9-21-15(20)10-22-13-5-7-17-8-6-13/h1-8H,9-10H2,(H,18,19). The monoisotopic (exact) mass is 320 g/mol. The van der Waals surface area contributed by atoms with Gasteiger partial charge in [0.05, 0.1) is 5.75 Å². The highest BCUT2D eigenvalue weighted by molar-refractivity contribution is 8.00. The van der Waals surface area contributed by atoms with Crippen LogP contribution in [0.2, 0.25) is 0 Å². The van der Waals surface area contributed by atoms with Crippen LogP contribution in [0.15, 0.2) is 53.7 Å². The number of halogens is 1. The van der Waals surface area contributed by atoms with Crippen molar-refractivity contribution in [3.05, 3.63) is 54.6 Å². The number of hydrogen-bond acceptors (Lipinski definition) is 5. The maximum absolute atomic E-state index is 12.7. The van der Waals surface area contributed by atoms with Crippen LogP contribution in [0.1, 0.15) is 0 Å². The van der Waals surface area contributed by atoms with Crippen LogP contribution >= 0.6 is 11.8 Å². The quantitative estimate of drug-likeness (QED) is 0.654. The largest absolute Gasteiger partial charge is 0.455 e. The number of nitrogens with one attached hydrogen (secondary N) is 1. The number of hydrogen-bond donors (Lipinski definition) is 1. The molecule has 2 rings (SSSR count). The maximum Gasteiger partial charge on any atom is 0.316 e. The Morgan fingerprint density at radius 2 is 1.82 bits per heavy atom. The summed E-state index contributed by atoms with van der Waals surface area (Å²) >= 11 is 1.30. The number of ether oxygens (including phenoxy) is 1. The molecule has 0 saturated carbocycles. The Morgan fingerprint density at radius 3 is 2.50 bits per heavy atom. The smallest absolute Gasteiger partial charge is 0.316 e. The van der Waals surface area contributed by atoms with Gasteiger partial charge in [0, 0.05) is 23.0 Å². The van der Waals surface area contributed by atoms with Crippen LogP contribution in [-0.4, -0.2) is 29.2 Å². The van der Waals surface area contributed by atoms with Crippen molar-refractivity contribution in [1.82, 2.24) is 4.98 Å². The third-order valence-electron chi connectivity index (χ3n) is 2.50. The van der Waals surface area contributed by atoms with Crippen LogP contribution in [-0.2, 0) is 14.3 Å². The van der Waals surface area contributed by atoms with Gasteiger partial charge in [-0.3, -0.25) is 14.6 Å². The summed E-state index contributed by atoms with van der Waals surface area (Å²) < 4.78 is 17.6. The average molecular weight is 320 g/mol. The van der Waals surface area contributed by atoms with Gasteiger partial charge in [-0.2, -0.15) is 0 Å². The van der Waals surface area contributed by atoms with Gasteiger partial charge in [0.1, 0.15) is 5.82 Å². The van der Waals surface area contributed by atoms with E-state index in [-0.39, 0.29) is 12.4 Å². The van der Waals surface area contributed by atoms with Crippen LogP contribution < -0.4 is 5.32 Å². The average Bonchev–Trinajstić information content (AvgIpc) is 2.54. The Hall–Kier alpha value is -2.41. The number of pyridine rings is 1. The van der Waals surface area contributed by atoms with E-state index in [0.717, 1.165) is 4.90 Å². The lowest BCUT2D eigenvalue weighted by atomic mass is 10.3. The molecule has 0 radical (unpaired) electrons. The van der Waals surface area contributed by atoms with Crippen molar-refractivity contribution in [2.45, 2.75) is 4.90 Å². The van der Waals surface area contributed by atoms with Crippen LogP contribution in [0.3, 0.4) is 0 Å². The van der Waals surface area contributed by atoms with E-state index in [0.29, 0.717) is 5.69 Å². The topological polar surface area (TPSA) is 68.3 Å². The van der Waals surface area contributed by atoms with Gasteiger partial charge >= 0.3 is 5.97 Å². The van der Waals surface area contributed by atoms with Crippen LogP contribution in [0.5, 0.6) is 0 Å². The normalized spacial score (nSPS) is 10.0. The number of esters is 1. The van der Waals surface area contributed by atoms with Gasteiger partial charge in [0.2, 0.25) is 0 Å². The highest BCUT2D eigenvalue weighted by Gasteiger charge is 2.08. The number of carbonyl (C=O) groups is 2. The SMILES string of the molecule is O=C(COC(=O)CSc1ccncc1)Nc1ccc(F)cc1. The van der Waals surface area contributed by atoms with E-state index in [9.17, 15) is 14.0 Å². The highest BCUT2D eigenvalue weighted by atomic mass is 32.2. The van der Waals surface area contributed by atoms with E-state index in [2.05, 4.69) is 10.3 Å². The Balaban J connectivity index is 1.69. The van der Waals surface area contributed by atoms with Crippen molar-refractivity contribution in [2.24, 2.45) is 0 Å². The molecule has 22 heavy (non-hydrogen) atoms. The molecule has 0 unspecified atom stereocenters. The molecule has 7 heteroatoms. The predicted molar refractivity (Wildman–Crippen MR) is 80.9 cm³/mol. The van der Waals surface area contributed by atoms with Gasteiger partial charge in [0.25, 0.3) is 5.91 Å². The third-order valence-corrected chi connectivity index (χ3v) is 3.48. The van der Waals surface area contributed by atoms with Crippen molar-refractivity contribution in [3.63, 3.8) is 0 Å². The highest BCUT2D eigenvalue weighted by Crippen LogP contribution is 2.16. The van der Waals surface area contributed by atoms with E-state index >= 15 is 0 Å². The Bertz CT molecular complexity index is 635. The number of aromatic nitrogens is 1. The zero-order valence-corrected chi connectivity index (χ0v) is 12.3. The summed E-state index contributed by atoms with van der Waals surface area (Å²) in [6, 6.07) is 8.86. The molecule has 0 aliphatic heterocycles. The van der Waals surface area contributed by atoms with Crippen molar-refractivity contribution in [3.8, 4) is 0 Å². The molecule has 114 valence electrons. The Labute approximate surface area is 130 Å². The lowest BCUT2D eigenvalue weighted by Crippen LogP contribution is -2.21. The summed E-state index contributed by atoms with van der Waals surface area (Å²) in [5.41, 5.74) is 0.439. The second kappa shape index (κ2) is 8.14. The summed E-state index contributed by atoms with van der Waals surface area (Å²) in [4.78, 5) is 27.9. The molecule has 5 nitrogen and oxygen atoms in total. The van der Waals surface area contributed by atoms with Crippen molar-refractivity contribution < 1.29 is 18.7 Å². The number of nitrogens with zero attached hydrogens (tertiary/aromatic N) is 1. The van der Waals surface area contributed by atoms with Gasteiger partial charge in [-0.25, -0.2) is 4.39 Å². The first-order chi connectivity index (χ1) is 10.6. The van der Waals surface area contributed by atoms with Gasteiger partial charge in [-0.05, 0) is 36.4 Å². The van der Waals surface area contributed by atoms with Gasteiger partial charge < -0.3 is 10.1 Å². The fraction of sp³-hybridized carbons (Fsp3) is 0.133. The number of anilines is 1. The minimum Gasteiger partial charge on any atom is -0.455 e. The van der Waals surface area contributed by atoms with Crippen LogP contribution in [0, 0.1) is 5.82 Å². The van der Waals surface area contributed by atoms with E-state index in [1.54, 1.807) is 24.5 Å². The molecule has 1 aromatic carbocycles. The molecule has 0 atom stereocenters. The molecule has 0 fully saturated rings. The fourth-order valence-corrected chi connectivity index (χ4v) is 2.18. The molecule has 0 aliphatic rings. The molecular weight excluding hydrogens is 307 g/mol. The molecule has 1 heterocycles. The zero-order chi connectivity index (χ0) is 15.8. The van der Waals surface area contributed by atoms with E-state index in [1.165, 1.54) is 36.0 Å². The number of benzene rings is 1. The Kier molecular flexibility index (Phi) is 5.91. The molecule has 1 aromatic heterocycles. The zero-order valence-electron chi connectivity index (χ0n) is 11.5. The summed E-state index contributed by atoms with van der Waals surface area (Å²) in [5, 5.41) is 2.50.